The highest BCUT2D eigenvalue weighted by atomic mass is 16.3. The van der Waals surface area contributed by atoms with E-state index in [9.17, 15) is 9.90 Å². The predicted octanol–water partition coefficient (Wildman–Crippen LogP) is 1.41. The molecule has 1 rings (SSSR count). The van der Waals surface area contributed by atoms with Crippen LogP contribution in [0.5, 0.6) is 5.75 Å². The van der Waals surface area contributed by atoms with Crippen LogP contribution in [-0.2, 0) is 0 Å². The molecule has 2 N–H and O–H groups in total. The van der Waals surface area contributed by atoms with Crippen LogP contribution < -0.4 is 5.32 Å². The van der Waals surface area contributed by atoms with E-state index in [-0.39, 0.29) is 11.5 Å². The molecular formula is C11H15NO2. The third-order valence-electron chi connectivity index (χ3n) is 2.27. The number of carbonyl (C=O) groups is 1. The number of phenols is 1. The van der Waals surface area contributed by atoms with E-state index in [0.29, 0.717) is 17.7 Å². The fourth-order valence-electron chi connectivity index (χ4n) is 1.39. The molecule has 0 saturated carbocycles. The van der Waals surface area contributed by atoms with Crippen molar-refractivity contribution < 1.29 is 9.90 Å². The maximum atomic E-state index is 11.6. The summed E-state index contributed by atoms with van der Waals surface area (Å²) >= 11 is 0. The summed E-state index contributed by atoms with van der Waals surface area (Å²) in [5.41, 5.74) is 2.04. The second kappa shape index (κ2) is 4.24. The number of hydrogen-bond donors (Lipinski definition) is 2. The van der Waals surface area contributed by atoms with Crippen molar-refractivity contribution in [3.63, 3.8) is 0 Å². The molecular weight excluding hydrogens is 178 g/mol. The van der Waals surface area contributed by atoms with Gasteiger partial charge >= 0.3 is 0 Å². The van der Waals surface area contributed by atoms with Gasteiger partial charge in [-0.05, 0) is 26.5 Å². The number of Topliss-reactive ketones (excluding diaryl/α,β-unsaturated/α-hetero) is 1. The first-order chi connectivity index (χ1) is 6.57. The molecule has 0 radical (unpaired) electrons. The Kier molecular flexibility index (Phi) is 3.25. The summed E-state index contributed by atoms with van der Waals surface area (Å²) < 4.78 is 0. The van der Waals surface area contributed by atoms with Crippen molar-refractivity contribution in [3.8, 4) is 5.75 Å². The summed E-state index contributed by atoms with van der Waals surface area (Å²) in [6, 6.07) is 3.51. The lowest BCUT2D eigenvalue weighted by molar-refractivity contribution is 0.0992. The van der Waals surface area contributed by atoms with Gasteiger partial charge in [-0.15, -0.1) is 0 Å². The molecule has 0 atom stereocenters. The van der Waals surface area contributed by atoms with Crippen LogP contribution in [0.25, 0.3) is 0 Å². The smallest absolute Gasteiger partial charge is 0.176 e. The second-order valence-electron chi connectivity index (χ2n) is 3.36. The zero-order chi connectivity index (χ0) is 10.7. The zero-order valence-corrected chi connectivity index (χ0v) is 8.72. The maximum Gasteiger partial charge on any atom is 0.176 e. The fourth-order valence-corrected chi connectivity index (χ4v) is 1.39. The average molecular weight is 193 g/mol. The second-order valence-corrected chi connectivity index (χ2v) is 3.36. The van der Waals surface area contributed by atoms with Gasteiger partial charge in [0.2, 0.25) is 0 Å². The highest BCUT2D eigenvalue weighted by Gasteiger charge is 2.11. The lowest BCUT2D eigenvalue weighted by atomic mass is 10.0. The Labute approximate surface area is 83.8 Å². The number of likely N-dealkylation sites (N-methyl/N-ethyl adjacent to an activating group) is 1. The number of rotatable bonds is 3. The monoisotopic (exact) mass is 193 g/mol. The van der Waals surface area contributed by atoms with Crippen LogP contribution in [0.2, 0.25) is 0 Å². The molecule has 0 saturated heterocycles. The largest absolute Gasteiger partial charge is 0.507 e. The van der Waals surface area contributed by atoms with Crippen LogP contribution in [0, 0.1) is 13.8 Å². The molecule has 14 heavy (non-hydrogen) atoms. The normalized spacial score (nSPS) is 10.2. The van der Waals surface area contributed by atoms with Crippen molar-refractivity contribution in [1.82, 2.24) is 5.32 Å². The lowest BCUT2D eigenvalue weighted by Gasteiger charge is -2.08. The molecule has 0 aliphatic heterocycles. The maximum absolute atomic E-state index is 11.6. The van der Waals surface area contributed by atoms with Gasteiger partial charge in [0.15, 0.2) is 5.78 Å². The Hall–Kier alpha value is -1.35. The summed E-state index contributed by atoms with van der Waals surface area (Å²) in [6.07, 6.45) is 0. The van der Waals surface area contributed by atoms with Crippen molar-refractivity contribution in [2.45, 2.75) is 13.8 Å². The molecule has 0 unspecified atom stereocenters. The Morgan fingerprint density at radius 3 is 2.64 bits per heavy atom. The molecule has 1 aromatic carbocycles. The SMILES string of the molecule is CNCC(=O)c1ccc(C)c(O)c1C. The van der Waals surface area contributed by atoms with E-state index in [1.807, 2.05) is 6.92 Å². The number of nitrogens with one attached hydrogen (secondary N) is 1. The Balaban J connectivity index is 3.11. The molecule has 0 heterocycles. The van der Waals surface area contributed by atoms with Crippen molar-refractivity contribution >= 4 is 5.78 Å². The summed E-state index contributed by atoms with van der Waals surface area (Å²) in [7, 11) is 1.72. The summed E-state index contributed by atoms with van der Waals surface area (Å²) in [5, 5.41) is 12.4. The quantitative estimate of drug-likeness (QED) is 0.713. The molecule has 0 amide bonds. The van der Waals surface area contributed by atoms with Gasteiger partial charge in [0.1, 0.15) is 5.75 Å². The lowest BCUT2D eigenvalue weighted by Crippen LogP contribution is -2.19. The van der Waals surface area contributed by atoms with Gasteiger partial charge in [-0.2, -0.15) is 0 Å². The number of phenolic OH excluding ortho intramolecular Hbond substituents is 1. The van der Waals surface area contributed by atoms with Crippen LogP contribution in [0.1, 0.15) is 21.5 Å². The molecule has 3 heteroatoms. The van der Waals surface area contributed by atoms with Gasteiger partial charge in [0, 0.05) is 11.1 Å². The van der Waals surface area contributed by atoms with Gasteiger partial charge in [0.05, 0.1) is 6.54 Å². The zero-order valence-electron chi connectivity index (χ0n) is 8.72. The van der Waals surface area contributed by atoms with E-state index >= 15 is 0 Å². The highest BCUT2D eigenvalue weighted by molar-refractivity contribution is 5.99. The fraction of sp³-hybridized carbons (Fsp3) is 0.364. The van der Waals surface area contributed by atoms with Crippen LogP contribution >= 0.6 is 0 Å². The Morgan fingerprint density at radius 1 is 1.43 bits per heavy atom. The standard InChI is InChI=1S/C11H15NO2/c1-7-4-5-9(8(2)11(7)14)10(13)6-12-3/h4-5,12,14H,6H2,1-3H3. The molecule has 76 valence electrons. The summed E-state index contributed by atoms with van der Waals surface area (Å²) in [5.74, 6) is 0.215. The topological polar surface area (TPSA) is 49.3 Å². The van der Waals surface area contributed by atoms with Crippen molar-refractivity contribution in [3.05, 3.63) is 28.8 Å². The molecule has 0 aliphatic rings. The van der Waals surface area contributed by atoms with E-state index in [1.54, 1.807) is 26.1 Å². The first-order valence-corrected chi connectivity index (χ1v) is 4.55. The van der Waals surface area contributed by atoms with Crippen molar-refractivity contribution in [1.29, 1.82) is 0 Å². The Morgan fingerprint density at radius 2 is 2.07 bits per heavy atom. The Bertz CT molecular complexity index is 359. The first kappa shape index (κ1) is 10.7. The molecule has 0 aliphatic carbocycles. The minimum atomic E-state index is 0.000278. The third kappa shape index (κ3) is 1.93. The van der Waals surface area contributed by atoms with Gasteiger partial charge < -0.3 is 10.4 Å². The van der Waals surface area contributed by atoms with E-state index in [2.05, 4.69) is 5.32 Å². The highest BCUT2D eigenvalue weighted by Crippen LogP contribution is 2.24. The van der Waals surface area contributed by atoms with Gasteiger partial charge in [-0.1, -0.05) is 12.1 Å². The van der Waals surface area contributed by atoms with E-state index in [0.717, 1.165) is 5.56 Å². The van der Waals surface area contributed by atoms with Crippen LogP contribution in [0.15, 0.2) is 12.1 Å². The number of benzene rings is 1. The molecule has 1 aromatic rings. The molecule has 0 aromatic heterocycles. The molecule has 3 nitrogen and oxygen atoms in total. The van der Waals surface area contributed by atoms with E-state index in [1.165, 1.54) is 0 Å². The van der Waals surface area contributed by atoms with Crippen LogP contribution in [-0.4, -0.2) is 24.5 Å². The minimum absolute atomic E-state index is 0.000278. The molecule has 0 bridgehead atoms. The number of hydrogen-bond acceptors (Lipinski definition) is 3. The number of aryl methyl sites for hydroxylation is 1. The van der Waals surface area contributed by atoms with Gasteiger partial charge in [-0.25, -0.2) is 0 Å². The van der Waals surface area contributed by atoms with E-state index in [4.69, 9.17) is 0 Å². The van der Waals surface area contributed by atoms with Crippen LogP contribution in [0.4, 0.5) is 0 Å². The van der Waals surface area contributed by atoms with Gasteiger partial charge in [-0.3, -0.25) is 4.79 Å². The molecule has 0 fully saturated rings. The predicted molar refractivity (Wildman–Crippen MR) is 55.8 cm³/mol. The van der Waals surface area contributed by atoms with Crippen LogP contribution in [0.3, 0.4) is 0 Å². The summed E-state index contributed by atoms with van der Waals surface area (Å²) in [6.45, 7) is 3.86. The third-order valence-corrected chi connectivity index (χ3v) is 2.27. The van der Waals surface area contributed by atoms with Crippen molar-refractivity contribution in [2.24, 2.45) is 0 Å². The first-order valence-electron chi connectivity index (χ1n) is 4.55. The van der Waals surface area contributed by atoms with Gasteiger partial charge in [0.25, 0.3) is 0 Å². The number of aromatic hydroxyl groups is 1. The van der Waals surface area contributed by atoms with Crippen molar-refractivity contribution in [2.75, 3.05) is 13.6 Å². The number of ketones is 1. The minimum Gasteiger partial charge on any atom is -0.507 e. The summed E-state index contributed by atoms with van der Waals surface area (Å²) in [4.78, 5) is 11.6. The average Bonchev–Trinajstić information content (AvgIpc) is 2.15. The molecule has 0 spiro atoms. The number of carbonyl (C=O) groups excluding carboxylic acids is 1. The van der Waals surface area contributed by atoms with E-state index < -0.39 is 0 Å².